The first-order valence-corrected chi connectivity index (χ1v) is 10.0. The normalized spacial score (nSPS) is 14.6. The first-order chi connectivity index (χ1) is 15.3. The minimum atomic E-state index is -7.57. The van der Waals surface area contributed by atoms with Crippen LogP contribution < -0.4 is 10.1 Å². The predicted molar refractivity (Wildman–Crippen MR) is 93.9 cm³/mol. The molecule has 188 valence electrons. The molecule has 2 rings (SSSR count). The Balaban J connectivity index is 2.21. The number of amides is 1. The van der Waals surface area contributed by atoms with Crippen LogP contribution in [0.15, 0.2) is 59.8 Å². The number of halogens is 11. The highest BCUT2D eigenvalue weighted by atomic mass is 32.2. The molecule has 0 radical (unpaired) electrons. The van der Waals surface area contributed by atoms with Crippen molar-refractivity contribution < 1.29 is 62.0 Å². The van der Waals surface area contributed by atoms with Gasteiger partial charge in [-0.1, -0.05) is 10.7 Å². The Hall–Kier alpha value is -2.78. The van der Waals surface area contributed by atoms with E-state index in [1.807, 2.05) is 0 Å². The fourth-order valence-corrected chi connectivity index (χ4v) is 3.47. The molecule has 34 heavy (non-hydrogen) atoms. The van der Waals surface area contributed by atoms with E-state index in [0.717, 1.165) is 24.3 Å². The molecular formula is C18H12F11N2O2S+. The molecule has 0 fully saturated rings. The number of pyridine rings is 1. The van der Waals surface area contributed by atoms with E-state index in [4.69, 9.17) is 0 Å². The Morgan fingerprint density at radius 3 is 1.74 bits per heavy atom. The van der Waals surface area contributed by atoms with Crippen LogP contribution in [0.4, 0.5) is 48.3 Å². The van der Waals surface area contributed by atoms with Crippen molar-refractivity contribution in [3.63, 3.8) is 0 Å². The number of nitrogens with zero attached hydrogens (tertiary/aromatic N) is 1. The monoisotopic (exact) mass is 529 g/mol. The van der Waals surface area contributed by atoms with Gasteiger partial charge in [0, 0.05) is 22.6 Å². The molecule has 0 saturated carbocycles. The molecular weight excluding hydrogens is 517 g/mol. The van der Waals surface area contributed by atoms with Gasteiger partial charge in [-0.15, -0.1) is 5.43 Å². The summed E-state index contributed by atoms with van der Waals surface area (Å²) in [6.07, 6.45) is -4.41. The molecule has 0 aliphatic rings. The van der Waals surface area contributed by atoms with Gasteiger partial charge in [0.1, 0.15) is 0 Å². The maximum atomic E-state index is 13.8. The fraction of sp³-hybridized carbons (Fsp3) is 0.333. The molecule has 1 unspecified atom stereocenters. The zero-order valence-electron chi connectivity index (χ0n) is 16.2. The van der Waals surface area contributed by atoms with E-state index < -0.39 is 57.2 Å². The lowest BCUT2D eigenvalue weighted by atomic mass is 9.99. The summed E-state index contributed by atoms with van der Waals surface area (Å²) in [6.45, 7) is 0. The van der Waals surface area contributed by atoms with E-state index in [9.17, 15) is 57.3 Å². The number of benzene rings is 1. The minimum Gasteiger partial charge on any atom is -0.264 e. The third-order valence-electron chi connectivity index (χ3n) is 4.24. The third kappa shape index (κ3) is 5.00. The smallest absolute Gasteiger partial charge is 0.264 e. The number of carbonyl (C=O) groups excluding carboxylic acids is 1. The van der Waals surface area contributed by atoms with Crippen molar-refractivity contribution in [3.8, 4) is 0 Å². The summed E-state index contributed by atoms with van der Waals surface area (Å²) >= 11 is 0. The van der Waals surface area contributed by atoms with Gasteiger partial charge >= 0.3 is 35.8 Å². The van der Waals surface area contributed by atoms with Gasteiger partial charge in [-0.2, -0.15) is 48.3 Å². The van der Waals surface area contributed by atoms with E-state index in [2.05, 4.69) is 5.43 Å². The highest BCUT2D eigenvalue weighted by molar-refractivity contribution is 7.85. The summed E-state index contributed by atoms with van der Waals surface area (Å²) in [5.41, 5.74) is 2.20. The topological polar surface area (TPSA) is 50.1 Å². The average Bonchev–Trinajstić information content (AvgIpc) is 2.73. The minimum absolute atomic E-state index is 0.148. The van der Waals surface area contributed by atoms with Gasteiger partial charge in [-0.3, -0.25) is 9.00 Å². The maximum absolute atomic E-state index is 13.8. The number of aromatic nitrogens is 1. The second-order valence-corrected chi connectivity index (χ2v) is 8.11. The molecule has 1 aromatic carbocycles. The molecule has 2 aromatic rings. The molecule has 0 aliphatic carbocycles. The van der Waals surface area contributed by atoms with Crippen LogP contribution in [-0.2, 0) is 10.8 Å². The van der Waals surface area contributed by atoms with Gasteiger partial charge < -0.3 is 0 Å². The number of hydrogen-bond donors (Lipinski definition) is 1. The van der Waals surface area contributed by atoms with Gasteiger partial charge in [-0.25, -0.2) is 0 Å². The number of carbonyl (C=O) groups is 1. The van der Waals surface area contributed by atoms with Crippen molar-refractivity contribution in [1.82, 2.24) is 0 Å². The highest BCUT2D eigenvalue weighted by Crippen LogP contribution is 2.57. The van der Waals surface area contributed by atoms with Crippen LogP contribution in [0.3, 0.4) is 0 Å². The van der Waals surface area contributed by atoms with Crippen molar-refractivity contribution in [2.24, 2.45) is 0 Å². The molecule has 0 bridgehead atoms. The molecule has 1 amide bonds. The lowest BCUT2D eigenvalue weighted by Gasteiger charge is -2.37. The Bertz CT molecular complexity index is 1040. The lowest BCUT2D eigenvalue weighted by molar-refractivity contribution is -0.641. The van der Waals surface area contributed by atoms with E-state index in [1.54, 1.807) is 18.2 Å². The van der Waals surface area contributed by atoms with Crippen LogP contribution in [0.5, 0.6) is 0 Å². The largest absolute Gasteiger partial charge is 0.460 e. The number of hydrogen-bond acceptors (Lipinski definition) is 2. The Morgan fingerprint density at radius 2 is 1.26 bits per heavy atom. The molecule has 1 heterocycles. The van der Waals surface area contributed by atoms with Crippen LogP contribution in [0.25, 0.3) is 0 Å². The second-order valence-electron chi connectivity index (χ2n) is 6.66. The van der Waals surface area contributed by atoms with E-state index >= 15 is 0 Å². The van der Waals surface area contributed by atoms with Crippen LogP contribution in [0.1, 0.15) is 10.4 Å². The van der Waals surface area contributed by atoms with Crippen LogP contribution >= 0.6 is 0 Å². The first kappa shape index (κ1) is 27.5. The standard InChI is InChI=1S/C18H11F11N2O2S/c19-14(20,15(21,22)16(23,24)17(25,26)18(27,28)29)10-34(33)12-6-4-11(5-7-12)13(32)30-31-8-2-1-3-9-31/h1-9H,10H2/p+1. The van der Waals surface area contributed by atoms with Crippen molar-refractivity contribution in [3.05, 3.63) is 60.4 Å². The van der Waals surface area contributed by atoms with E-state index in [-0.39, 0.29) is 5.56 Å². The summed E-state index contributed by atoms with van der Waals surface area (Å²) in [6, 6.07) is 7.97. The zero-order chi connectivity index (χ0) is 26.2. The zero-order valence-corrected chi connectivity index (χ0v) is 17.0. The average molecular weight is 529 g/mol. The summed E-state index contributed by atoms with van der Waals surface area (Å²) in [4.78, 5) is 11.4. The SMILES string of the molecule is O=C(N[n+]1ccccc1)c1ccc(S(=O)CC(F)(F)C(F)(F)C(F)(F)C(F)(F)C(F)(F)F)cc1. The second kappa shape index (κ2) is 9.11. The van der Waals surface area contributed by atoms with Crippen molar-refractivity contribution >= 4 is 16.7 Å². The molecule has 0 aliphatic heterocycles. The molecule has 1 N–H and O–H groups in total. The molecule has 4 nitrogen and oxygen atoms in total. The quantitative estimate of drug-likeness (QED) is 0.403. The van der Waals surface area contributed by atoms with Crippen molar-refractivity contribution in [2.75, 3.05) is 11.2 Å². The number of rotatable bonds is 8. The van der Waals surface area contributed by atoms with Gasteiger partial charge in [0.2, 0.25) is 0 Å². The summed E-state index contributed by atoms with van der Waals surface area (Å²) in [7, 11) is -3.27. The molecule has 0 saturated heterocycles. The predicted octanol–water partition coefficient (Wildman–Crippen LogP) is 4.57. The van der Waals surface area contributed by atoms with Gasteiger partial charge in [0.05, 0.1) is 16.6 Å². The number of alkyl halides is 11. The molecule has 1 aromatic heterocycles. The third-order valence-corrected chi connectivity index (χ3v) is 5.66. The lowest BCUT2D eigenvalue weighted by Crippen LogP contribution is -2.67. The van der Waals surface area contributed by atoms with E-state index in [1.165, 1.54) is 17.1 Å². The van der Waals surface area contributed by atoms with Gasteiger partial charge in [0.25, 0.3) is 0 Å². The van der Waals surface area contributed by atoms with E-state index in [0.29, 0.717) is 0 Å². The molecule has 1 atom stereocenters. The Morgan fingerprint density at radius 1 is 0.765 bits per heavy atom. The molecule has 16 heteroatoms. The summed E-state index contributed by atoms with van der Waals surface area (Å²) < 4.78 is 157. The van der Waals surface area contributed by atoms with Crippen molar-refractivity contribution in [1.29, 1.82) is 0 Å². The summed E-state index contributed by atoms with van der Waals surface area (Å²) in [5.74, 6) is -32.0. The summed E-state index contributed by atoms with van der Waals surface area (Å²) in [5, 5.41) is 0. The Labute approximate surface area is 185 Å². The maximum Gasteiger partial charge on any atom is 0.460 e. The number of nitrogens with one attached hydrogen (secondary N) is 1. The fourth-order valence-electron chi connectivity index (χ4n) is 2.36. The Kier molecular flexibility index (Phi) is 7.36. The van der Waals surface area contributed by atoms with Crippen LogP contribution in [0.2, 0.25) is 0 Å². The van der Waals surface area contributed by atoms with Crippen LogP contribution in [0, 0.1) is 0 Å². The van der Waals surface area contributed by atoms with Gasteiger partial charge in [-0.05, 0) is 24.3 Å². The van der Waals surface area contributed by atoms with Crippen molar-refractivity contribution in [2.45, 2.75) is 34.8 Å². The molecule has 0 spiro atoms. The first-order valence-electron chi connectivity index (χ1n) is 8.69. The van der Waals surface area contributed by atoms with Crippen LogP contribution in [-0.4, -0.2) is 45.7 Å². The highest BCUT2D eigenvalue weighted by Gasteiger charge is 2.87. The van der Waals surface area contributed by atoms with Gasteiger partial charge in [0.15, 0.2) is 12.4 Å².